The molecule has 2 atom stereocenters. The van der Waals surface area contributed by atoms with Crippen molar-refractivity contribution < 1.29 is 4.74 Å². The van der Waals surface area contributed by atoms with Crippen molar-refractivity contribution in [1.29, 1.82) is 0 Å². The van der Waals surface area contributed by atoms with Gasteiger partial charge in [0.05, 0.1) is 0 Å². The highest BCUT2D eigenvalue weighted by Crippen LogP contribution is 2.38. The summed E-state index contributed by atoms with van der Waals surface area (Å²) in [4.78, 5) is 5.74. The SMILES string of the molecule is CCCNC(c1nccn1C)C1CSc2ccccc2O1. The largest absolute Gasteiger partial charge is 0.486 e. The number of rotatable bonds is 5. The number of aryl methyl sites for hydroxylation is 1. The second-order valence-electron chi connectivity index (χ2n) is 5.24. The minimum absolute atomic E-state index is 0.0950. The number of para-hydroxylation sites is 1. The molecule has 1 aromatic carbocycles. The van der Waals surface area contributed by atoms with E-state index in [-0.39, 0.29) is 12.1 Å². The van der Waals surface area contributed by atoms with Crippen molar-refractivity contribution in [2.75, 3.05) is 12.3 Å². The molecule has 3 rings (SSSR count). The lowest BCUT2D eigenvalue weighted by Gasteiger charge is -2.32. The second-order valence-corrected chi connectivity index (χ2v) is 6.30. The van der Waals surface area contributed by atoms with E-state index < -0.39 is 0 Å². The Morgan fingerprint density at radius 2 is 2.33 bits per heavy atom. The Hall–Kier alpha value is -1.46. The smallest absolute Gasteiger partial charge is 0.133 e. The molecule has 0 aliphatic carbocycles. The number of hydrogen-bond donors (Lipinski definition) is 1. The molecule has 1 aliphatic heterocycles. The molecule has 2 aromatic rings. The van der Waals surface area contributed by atoms with Crippen LogP contribution in [0.5, 0.6) is 5.75 Å². The molecular formula is C16H21N3OS. The molecule has 0 radical (unpaired) electrons. The lowest BCUT2D eigenvalue weighted by molar-refractivity contribution is 0.160. The van der Waals surface area contributed by atoms with Crippen LogP contribution in [-0.2, 0) is 7.05 Å². The third kappa shape index (κ3) is 3.09. The van der Waals surface area contributed by atoms with E-state index in [2.05, 4.69) is 33.9 Å². The zero-order valence-corrected chi connectivity index (χ0v) is 13.3. The predicted octanol–water partition coefficient (Wildman–Crippen LogP) is 3.01. The average molecular weight is 303 g/mol. The van der Waals surface area contributed by atoms with Crippen LogP contribution >= 0.6 is 11.8 Å². The molecule has 0 amide bonds. The number of nitrogens with one attached hydrogen (secondary N) is 1. The molecule has 4 nitrogen and oxygen atoms in total. The van der Waals surface area contributed by atoms with E-state index >= 15 is 0 Å². The summed E-state index contributed by atoms with van der Waals surface area (Å²) < 4.78 is 8.30. The Kier molecular flexibility index (Phi) is 4.51. The summed E-state index contributed by atoms with van der Waals surface area (Å²) in [6, 6.07) is 8.36. The van der Waals surface area contributed by atoms with Crippen molar-refractivity contribution in [3.8, 4) is 5.75 Å². The van der Waals surface area contributed by atoms with Crippen LogP contribution in [0.15, 0.2) is 41.6 Å². The molecule has 1 aliphatic rings. The fourth-order valence-corrected chi connectivity index (χ4v) is 3.60. The quantitative estimate of drug-likeness (QED) is 0.921. The van der Waals surface area contributed by atoms with Gasteiger partial charge in [-0.25, -0.2) is 4.98 Å². The van der Waals surface area contributed by atoms with Crippen LogP contribution in [0, 0.1) is 0 Å². The Labute approximate surface area is 129 Å². The first-order chi connectivity index (χ1) is 10.3. The Balaban J connectivity index is 1.83. The number of hydrogen-bond acceptors (Lipinski definition) is 4. The summed E-state index contributed by atoms with van der Waals surface area (Å²) in [7, 11) is 2.03. The van der Waals surface area contributed by atoms with Gasteiger partial charge in [-0.05, 0) is 25.1 Å². The molecule has 0 spiro atoms. The molecule has 1 aromatic heterocycles. The van der Waals surface area contributed by atoms with E-state index in [0.29, 0.717) is 0 Å². The number of nitrogens with zero attached hydrogens (tertiary/aromatic N) is 2. The molecule has 0 saturated carbocycles. The fourth-order valence-electron chi connectivity index (χ4n) is 2.57. The Morgan fingerprint density at radius 1 is 1.48 bits per heavy atom. The normalized spacial score (nSPS) is 18.9. The van der Waals surface area contributed by atoms with Gasteiger partial charge in [-0.3, -0.25) is 0 Å². The van der Waals surface area contributed by atoms with Crippen molar-refractivity contribution in [3.63, 3.8) is 0 Å². The van der Waals surface area contributed by atoms with Crippen LogP contribution in [-0.4, -0.2) is 28.0 Å². The van der Waals surface area contributed by atoms with Gasteiger partial charge < -0.3 is 14.6 Å². The predicted molar refractivity (Wildman–Crippen MR) is 85.8 cm³/mol. The average Bonchev–Trinajstić information content (AvgIpc) is 2.94. The fraction of sp³-hybridized carbons (Fsp3) is 0.438. The molecule has 21 heavy (non-hydrogen) atoms. The van der Waals surface area contributed by atoms with Crippen LogP contribution in [0.25, 0.3) is 0 Å². The monoisotopic (exact) mass is 303 g/mol. The van der Waals surface area contributed by atoms with Gasteiger partial charge in [0, 0.05) is 30.1 Å². The van der Waals surface area contributed by atoms with Crippen LogP contribution in [0.2, 0.25) is 0 Å². The number of imidazole rings is 1. The first-order valence-electron chi connectivity index (χ1n) is 7.38. The van der Waals surface area contributed by atoms with Gasteiger partial charge in [-0.15, -0.1) is 11.8 Å². The van der Waals surface area contributed by atoms with Crippen molar-refractivity contribution in [3.05, 3.63) is 42.5 Å². The maximum atomic E-state index is 6.23. The van der Waals surface area contributed by atoms with Gasteiger partial charge >= 0.3 is 0 Å². The molecule has 1 N–H and O–H groups in total. The summed E-state index contributed by atoms with van der Waals surface area (Å²) in [5.41, 5.74) is 0. The Bertz CT molecular complexity index is 599. The highest BCUT2D eigenvalue weighted by atomic mass is 32.2. The minimum atomic E-state index is 0.0950. The van der Waals surface area contributed by atoms with Gasteiger partial charge in [0.25, 0.3) is 0 Å². The van der Waals surface area contributed by atoms with Crippen LogP contribution in [0.3, 0.4) is 0 Å². The number of fused-ring (bicyclic) bond motifs is 1. The van der Waals surface area contributed by atoms with E-state index in [4.69, 9.17) is 4.74 Å². The van der Waals surface area contributed by atoms with Crippen molar-refractivity contribution >= 4 is 11.8 Å². The first-order valence-corrected chi connectivity index (χ1v) is 8.37. The molecule has 112 valence electrons. The molecule has 0 fully saturated rings. The van der Waals surface area contributed by atoms with Crippen molar-refractivity contribution in [2.24, 2.45) is 7.05 Å². The van der Waals surface area contributed by atoms with Crippen molar-refractivity contribution in [1.82, 2.24) is 14.9 Å². The van der Waals surface area contributed by atoms with E-state index in [0.717, 1.165) is 30.3 Å². The Morgan fingerprint density at radius 3 is 3.10 bits per heavy atom. The topological polar surface area (TPSA) is 39.1 Å². The maximum absolute atomic E-state index is 6.23. The third-order valence-corrected chi connectivity index (χ3v) is 4.80. The van der Waals surface area contributed by atoms with Crippen LogP contribution < -0.4 is 10.1 Å². The lowest BCUT2D eigenvalue weighted by Crippen LogP contribution is -2.40. The van der Waals surface area contributed by atoms with E-state index in [1.54, 1.807) is 0 Å². The third-order valence-electron chi connectivity index (χ3n) is 3.65. The molecule has 0 bridgehead atoms. The van der Waals surface area contributed by atoms with Gasteiger partial charge in [0.1, 0.15) is 23.7 Å². The summed E-state index contributed by atoms with van der Waals surface area (Å²) in [6.07, 6.45) is 5.02. The summed E-state index contributed by atoms with van der Waals surface area (Å²) in [6.45, 7) is 3.14. The zero-order chi connectivity index (χ0) is 14.7. The van der Waals surface area contributed by atoms with Gasteiger partial charge in [-0.2, -0.15) is 0 Å². The second kappa shape index (κ2) is 6.54. The minimum Gasteiger partial charge on any atom is -0.486 e. The standard InChI is InChI=1S/C16H21N3OS/c1-3-8-17-15(16-18-9-10-19(16)2)13-11-21-14-7-5-4-6-12(14)20-13/h4-7,9-10,13,15,17H,3,8,11H2,1-2H3. The van der Waals surface area contributed by atoms with Crippen LogP contribution in [0.4, 0.5) is 0 Å². The highest BCUT2D eigenvalue weighted by Gasteiger charge is 2.31. The van der Waals surface area contributed by atoms with E-state index in [1.807, 2.05) is 43.3 Å². The zero-order valence-electron chi connectivity index (χ0n) is 12.5. The van der Waals surface area contributed by atoms with Gasteiger partial charge in [-0.1, -0.05) is 19.1 Å². The number of thioether (sulfide) groups is 1. The van der Waals surface area contributed by atoms with Crippen molar-refractivity contribution in [2.45, 2.75) is 30.4 Å². The molecule has 2 heterocycles. The van der Waals surface area contributed by atoms with E-state index in [1.165, 1.54) is 4.90 Å². The molecule has 0 saturated heterocycles. The highest BCUT2D eigenvalue weighted by molar-refractivity contribution is 7.99. The molecule has 5 heteroatoms. The van der Waals surface area contributed by atoms with Gasteiger partial charge in [0.2, 0.25) is 0 Å². The number of ether oxygens (including phenoxy) is 1. The van der Waals surface area contributed by atoms with Crippen LogP contribution in [0.1, 0.15) is 25.2 Å². The summed E-state index contributed by atoms with van der Waals surface area (Å²) >= 11 is 1.86. The maximum Gasteiger partial charge on any atom is 0.133 e. The first kappa shape index (κ1) is 14.5. The summed E-state index contributed by atoms with van der Waals surface area (Å²) in [5.74, 6) is 2.95. The summed E-state index contributed by atoms with van der Waals surface area (Å²) in [5, 5.41) is 3.59. The number of aromatic nitrogens is 2. The molecular weight excluding hydrogens is 282 g/mol. The van der Waals surface area contributed by atoms with Gasteiger partial charge in [0.15, 0.2) is 0 Å². The van der Waals surface area contributed by atoms with E-state index in [9.17, 15) is 0 Å². The molecule has 2 unspecified atom stereocenters. The lowest BCUT2D eigenvalue weighted by atomic mass is 10.1. The number of benzene rings is 1.